The van der Waals surface area contributed by atoms with E-state index in [1.807, 2.05) is 0 Å². The lowest BCUT2D eigenvalue weighted by molar-refractivity contribution is 0.0696. The molecule has 0 aliphatic heterocycles. The first-order valence-electron chi connectivity index (χ1n) is 2.81. The van der Waals surface area contributed by atoms with E-state index in [1.165, 1.54) is 12.3 Å². The van der Waals surface area contributed by atoms with Crippen molar-refractivity contribution in [1.29, 1.82) is 0 Å². The van der Waals surface area contributed by atoms with Crippen molar-refractivity contribution < 1.29 is 14.7 Å². The SMILES string of the molecule is CC(=O)c1csc(C(=O)O)n1. The number of aromatic carboxylic acids is 1. The molecule has 1 aromatic heterocycles. The summed E-state index contributed by atoms with van der Waals surface area (Å²) in [6, 6.07) is 0. The molecule has 11 heavy (non-hydrogen) atoms. The van der Waals surface area contributed by atoms with Gasteiger partial charge in [-0.05, 0) is 0 Å². The molecule has 0 spiro atoms. The zero-order valence-corrected chi connectivity index (χ0v) is 6.51. The average Bonchev–Trinajstić information content (AvgIpc) is 2.33. The highest BCUT2D eigenvalue weighted by atomic mass is 32.1. The average molecular weight is 171 g/mol. The van der Waals surface area contributed by atoms with Gasteiger partial charge in [-0.2, -0.15) is 0 Å². The predicted octanol–water partition coefficient (Wildman–Crippen LogP) is 1.04. The number of ketones is 1. The van der Waals surface area contributed by atoms with Crippen molar-refractivity contribution in [2.24, 2.45) is 0 Å². The maximum atomic E-state index is 10.6. The number of carboxylic acids is 1. The van der Waals surface area contributed by atoms with Crippen LogP contribution in [0.15, 0.2) is 5.38 Å². The number of hydrogen-bond acceptors (Lipinski definition) is 4. The number of carbonyl (C=O) groups excluding carboxylic acids is 1. The first-order valence-corrected chi connectivity index (χ1v) is 3.69. The number of Topliss-reactive ketones (excluding diaryl/α,β-unsaturated/α-hetero) is 1. The molecule has 0 amide bonds. The van der Waals surface area contributed by atoms with Crippen molar-refractivity contribution in [2.45, 2.75) is 6.92 Å². The summed E-state index contributed by atoms with van der Waals surface area (Å²) in [5.74, 6) is -1.31. The topological polar surface area (TPSA) is 67.3 Å². The minimum atomic E-state index is -1.09. The summed E-state index contributed by atoms with van der Waals surface area (Å²) in [5, 5.41) is 9.81. The number of nitrogens with zero attached hydrogens (tertiary/aromatic N) is 1. The summed E-state index contributed by atoms with van der Waals surface area (Å²) in [7, 11) is 0. The number of aromatic nitrogens is 1. The minimum Gasteiger partial charge on any atom is -0.476 e. The monoisotopic (exact) mass is 171 g/mol. The van der Waals surface area contributed by atoms with Crippen molar-refractivity contribution in [3.05, 3.63) is 16.1 Å². The number of thiazole rings is 1. The summed E-state index contributed by atoms with van der Waals surface area (Å²) >= 11 is 0.954. The lowest BCUT2D eigenvalue weighted by atomic mass is 10.4. The first-order chi connectivity index (χ1) is 5.11. The molecule has 0 fully saturated rings. The van der Waals surface area contributed by atoms with Crippen molar-refractivity contribution in [1.82, 2.24) is 4.98 Å². The summed E-state index contributed by atoms with van der Waals surface area (Å²) < 4.78 is 0. The molecule has 1 heterocycles. The zero-order valence-electron chi connectivity index (χ0n) is 5.70. The van der Waals surface area contributed by atoms with Gasteiger partial charge in [0.05, 0.1) is 0 Å². The second-order valence-corrected chi connectivity index (χ2v) is 2.76. The van der Waals surface area contributed by atoms with Gasteiger partial charge in [-0.25, -0.2) is 9.78 Å². The Morgan fingerprint density at radius 1 is 1.64 bits per heavy atom. The number of hydrogen-bond donors (Lipinski definition) is 1. The van der Waals surface area contributed by atoms with Gasteiger partial charge >= 0.3 is 5.97 Å². The third kappa shape index (κ3) is 1.62. The fraction of sp³-hybridized carbons (Fsp3) is 0.167. The standard InChI is InChI=1S/C6H5NO3S/c1-3(8)4-2-11-5(7-4)6(9)10/h2H,1H3,(H,9,10). The first kappa shape index (κ1) is 7.87. The number of rotatable bonds is 2. The van der Waals surface area contributed by atoms with E-state index >= 15 is 0 Å². The quantitative estimate of drug-likeness (QED) is 0.675. The van der Waals surface area contributed by atoms with E-state index in [9.17, 15) is 9.59 Å². The lowest BCUT2D eigenvalue weighted by Gasteiger charge is -1.82. The fourth-order valence-electron chi connectivity index (χ4n) is 0.534. The molecular formula is C6H5NO3S. The predicted molar refractivity (Wildman–Crippen MR) is 39.1 cm³/mol. The summed E-state index contributed by atoms with van der Waals surface area (Å²) in [4.78, 5) is 24.5. The van der Waals surface area contributed by atoms with Crippen molar-refractivity contribution in [3.63, 3.8) is 0 Å². The minimum absolute atomic E-state index is 0.0461. The Morgan fingerprint density at radius 2 is 2.27 bits per heavy atom. The second kappa shape index (κ2) is 2.79. The lowest BCUT2D eigenvalue weighted by Crippen LogP contribution is -1.97. The molecule has 4 nitrogen and oxygen atoms in total. The van der Waals surface area contributed by atoms with Crippen LogP contribution in [0.5, 0.6) is 0 Å². The van der Waals surface area contributed by atoms with Gasteiger partial charge in [0, 0.05) is 12.3 Å². The van der Waals surface area contributed by atoms with Crippen LogP contribution in [0.2, 0.25) is 0 Å². The van der Waals surface area contributed by atoms with Crippen LogP contribution in [0.1, 0.15) is 27.2 Å². The van der Waals surface area contributed by atoms with Crippen LogP contribution < -0.4 is 0 Å². The molecule has 5 heteroatoms. The Kier molecular flexibility index (Phi) is 2.00. The van der Waals surface area contributed by atoms with Crippen LogP contribution >= 0.6 is 11.3 Å². The fourth-order valence-corrected chi connectivity index (χ4v) is 1.23. The van der Waals surface area contributed by atoms with Crippen LogP contribution in [0.25, 0.3) is 0 Å². The Balaban J connectivity index is 2.99. The largest absolute Gasteiger partial charge is 0.476 e. The van der Waals surface area contributed by atoms with E-state index in [4.69, 9.17) is 5.11 Å². The Bertz CT molecular complexity index is 276. The molecule has 1 rings (SSSR count). The van der Waals surface area contributed by atoms with Gasteiger partial charge in [0.1, 0.15) is 5.69 Å². The molecule has 0 aliphatic rings. The normalized spacial score (nSPS) is 9.55. The molecule has 58 valence electrons. The zero-order chi connectivity index (χ0) is 8.43. The smallest absolute Gasteiger partial charge is 0.365 e. The summed E-state index contributed by atoms with van der Waals surface area (Å²) in [5.41, 5.74) is 0.215. The number of carboxylic acid groups (broad SMARTS) is 1. The molecule has 0 saturated heterocycles. The van der Waals surface area contributed by atoms with Crippen molar-refractivity contribution in [3.8, 4) is 0 Å². The second-order valence-electron chi connectivity index (χ2n) is 1.90. The molecule has 0 radical (unpaired) electrons. The highest BCUT2D eigenvalue weighted by Crippen LogP contribution is 2.09. The maximum Gasteiger partial charge on any atom is 0.365 e. The maximum absolute atomic E-state index is 10.6. The molecule has 1 N–H and O–H groups in total. The summed E-state index contributed by atoms with van der Waals surface area (Å²) in [6.07, 6.45) is 0. The van der Waals surface area contributed by atoms with Crippen molar-refractivity contribution >= 4 is 23.1 Å². The molecule has 0 aliphatic carbocycles. The molecule has 0 atom stereocenters. The van der Waals surface area contributed by atoms with Gasteiger partial charge in [0.25, 0.3) is 0 Å². The third-order valence-corrected chi connectivity index (χ3v) is 1.88. The van der Waals surface area contributed by atoms with Crippen molar-refractivity contribution in [2.75, 3.05) is 0 Å². The molecule has 1 aromatic rings. The molecular weight excluding hydrogens is 166 g/mol. The Labute approximate surface area is 66.5 Å². The van der Waals surface area contributed by atoms with Crippen LogP contribution in [0.3, 0.4) is 0 Å². The van der Waals surface area contributed by atoms with Gasteiger partial charge in [-0.1, -0.05) is 0 Å². The van der Waals surface area contributed by atoms with E-state index in [2.05, 4.69) is 4.98 Å². The van der Waals surface area contributed by atoms with Gasteiger partial charge in [0.2, 0.25) is 5.01 Å². The van der Waals surface area contributed by atoms with Gasteiger partial charge in [0.15, 0.2) is 5.78 Å². The molecule has 0 bridgehead atoms. The van der Waals surface area contributed by atoms with Gasteiger partial charge in [-0.3, -0.25) is 4.79 Å². The Hall–Kier alpha value is -1.23. The van der Waals surface area contributed by atoms with Crippen LogP contribution in [-0.2, 0) is 0 Å². The molecule has 0 unspecified atom stereocenters. The molecule has 0 saturated carbocycles. The van der Waals surface area contributed by atoms with E-state index < -0.39 is 5.97 Å². The van der Waals surface area contributed by atoms with Crippen LogP contribution in [0, 0.1) is 0 Å². The highest BCUT2D eigenvalue weighted by molar-refractivity contribution is 7.11. The summed E-state index contributed by atoms with van der Waals surface area (Å²) in [6.45, 7) is 1.35. The Morgan fingerprint density at radius 3 is 2.55 bits per heavy atom. The van der Waals surface area contributed by atoms with E-state index in [0.717, 1.165) is 11.3 Å². The number of carbonyl (C=O) groups is 2. The van der Waals surface area contributed by atoms with E-state index in [1.54, 1.807) is 0 Å². The molecule has 0 aromatic carbocycles. The van der Waals surface area contributed by atoms with E-state index in [0.29, 0.717) is 0 Å². The van der Waals surface area contributed by atoms with Gasteiger partial charge in [-0.15, -0.1) is 11.3 Å². The third-order valence-electron chi connectivity index (χ3n) is 1.05. The highest BCUT2D eigenvalue weighted by Gasteiger charge is 2.10. The van der Waals surface area contributed by atoms with E-state index in [-0.39, 0.29) is 16.5 Å². The van der Waals surface area contributed by atoms with Gasteiger partial charge < -0.3 is 5.11 Å². The van der Waals surface area contributed by atoms with Crippen LogP contribution in [-0.4, -0.2) is 21.8 Å². The van der Waals surface area contributed by atoms with Crippen LogP contribution in [0.4, 0.5) is 0 Å².